The molecule has 1 aromatic carbocycles. The van der Waals surface area contributed by atoms with E-state index in [9.17, 15) is 21.6 Å². The summed E-state index contributed by atoms with van der Waals surface area (Å²) in [5.74, 6) is 0.303. The van der Waals surface area contributed by atoms with Crippen molar-refractivity contribution in [1.82, 2.24) is 4.72 Å². The van der Waals surface area contributed by atoms with Crippen molar-refractivity contribution in [3.8, 4) is 5.75 Å². The fourth-order valence-corrected chi connectivity index (χ4v) is 2.43. The minimum atomic E-state index is -4.91. The number of ether oxygens (including phenoxy) is 1. The normalized spacial score (nSPS) is 14.1. The summed E-state index contributed by atoms with van der Waals surface area (Å²) in [6.45, 7) is -1.20. The lowest BCUT2D eigenvalue weighted by Gasteiger charge is -2.16. The average molecular weight is 314 g/mol. The average Bonchev–Trinajstić information content (AvgIpc) is 2.34. The highest BCUT2D eigenvalue weighted by molar-refractivity contribution is 7.89. The predicted octanol–water partition coefficient (Wildman–Crippen LogP) is 0.479. The lowest BCUT2D eigenvalue weighted by Crippen LogP contribution is -2.40. The van der Waals surface area contributed by atoms with Gasteiger partial charge < -0.3 is 15.6 Å². The van der Waals surface area contributed by atoms with Crippen LogP contribution in [0.4, 0.5) is 18.9 Å². The van der Waals surface area contributed by atoms with Crippen molar-refractivity contribution in [2.75, 3.05) is 19.4 Å². The van der Waals surface area contributed by atoms with Gasteiger partial charge in [-0.05, 0) is 12.1 Å². The van der Waals surface area contributed by atoms with E-state index in [1.807, 2.05) is 0 Å². The third-order valence-corrected chi connectivity index (χ3v) is 3.85. The van der Waals surface area contributed by atoms with E-state index in [1.54, 1.807) is 4.72 Å². The lowest BCUT2D eigenvalue weighted by atomic mass is 10.3. The van der Waals surface area contributed by atoms with Crippen molar-refractivity contribution >= 4 is 15.7 Å². The number of aliphatic hydroxyl groups is 1. The van der Waals surface area contributed by atoms with E-state index in [2.05, 4.69) is 0 Å². The molecule has 20 heavy (non-hydrogen) atoms. The number of anilines is 1. The van der Waals surface area contributed by atoms with Gasteiger partial charge in [0.25, 0.3) is 0 Å². The van der Waals surface area contributed by atoms with Crippen LogP contribution in [0, 0.1) is 0 Å². The molecule has 0 bridgehead atoms. The number of halogens is 3. The summed E-state index contributed by atoms with van der Waals surface area (Å²) in [6, 6.07) is 3.61. The Morgan fingerprint density at radius 3 is 2.50 bits per heavy atom. The van der Waals surface area contributed by atoms with E-state index in [1.165, 1.54) is 19.2 Å². The first-order valence-electron chi connectivity index (χ1n) is 5.26. The zero-order valence-electron chi connectivity index (χ0n) is 10.3. The van der Waals surface area contributed by atoms with Crippen molar-refractivity contribution in [3.05, 3.63) is 18.2 Å². The van der Waals surface area contributed by atoms with E-state index in [4.69, 9.17) is 15.6 Å². The van der Waals surface area contributed by atoms with Crippen molar-refractivity contribution in [1.29, 1.82) is 0 Å². The quantitative estimate of drug-likeness (QED) is 0.686. The highest BCUT2D eigenvalue weighted by Gasteiger charge is 2.38. The smallest absolute Gasteiger partial charge is 0.415 e. The van der Waals surface area contributed by atoms with Gasteiger partial charge in [0, 0.05) is 12.6 Å². The number of aliphatic hydroxyl groups excluding tert-OH is 1. The molecule has 0 aliphatic rings. The molecule has 6 nitrogen and oxygen atoms in total. The van der Waals surface area contributed by atoms with Crippen LogP contribution in [0.2, 0.25) is 0 Å². The number of sulfonamides is 1. The number of hydrogen-bond donors (Lipinski definition) is 3. The molecular formula is C10H13F3N2O4S. The van der Waals surface area contributed by atoms with Gasteiger partial charge in [-0.1, -0.05) is 0 Å². The maximum Gasteiger partial charge on any atom is 0.415 e. The Hall–Kier alpha value is -1.52. The van der Waals surface area contributed by atoms with E-state index < -0.39 is 33.7 Å². The number of rotatable bonds is 5. The number of nitrogens with two attached hydrogens (primary N) is 1. The Morgan fingerprint density at radius 1 is 1.45 bits per heavy atom. The van der Waals surface area contributed by atoms with Gasteiger partial charge >= 0.3 is 6.18 Å². The van der Waals surface area contributed by atoms with E-state index >= 15 is 0 Å². The standard InChI is InChI=1S/C10H13F3N2O4S/c1-19-6-2-3-8(7(14)4-6)20(17,18)15-5-9(16)10(11,12)13/h2-4,9,15-16H,5,14H2,1H3. The molecule has 0 saturated heterocycles. The van der Waals surface area contributed by atoms with Crippen LogP contribution in [-0.2, 0) is 10.0 Å². The Morgan fingerprint density at radius 2 is 2.05 bits per heavy atom. The second-order valence-electron chi connectivity index (χ2n) is 3.81. The monoisotopic (exact) mass is 314 g/mol. The van der Waals surface area contributed by atoms with Crippen LogP contribution in [-0.4, -0.2) is 39.5 Å². The third kappa shape index (κ3) is 3.99. The number of alkyl halides is 3. The summed E-state index contributed by atoms with van der Waals surface area (Å²) in [5.41, 5.74) is 5.31. The third-order valence-electron chi connectivity index (χ3n) is 2.35. The Bertz CT molecular complexity index is 574. The first kappa shape index (κ1) is 16.5. The second-order valence-corrected chi connectivity index (χ2v) is 5.55. The van der Waals surface area contributed by atoms with E-state index in [0.29, 0.717) is 5.75 Å². The fraction of sp³-hybridized carbons (Fsp3) is 0.400. The second kappa shape index (κ2) is 5.85. The largest absolute Gasteiger partial charge is 0.497 e. The molecule has 0 aromatic heterocycles. The molecule has 114 valence electrons. The summed E-state index contributed by atoms with van der Waals surface area (Å²) >= 11 is 0. The first-order chi connectivity index (χ1) is 9.08. The number of nitrogen functional groups attached to an aromatic ring is 1. The van der Waals surface area contributed by atoms with Crippen molar-refractivity contribution in [3.63, 3.8) is 0 Å². The van der Waals surface area contributed by atoms with Crippen LogP contribution >= 0.6 is 0 Å². The molecule has 1 unspecified atom stereocenters. The van der Waals surface area contributed by atoms with Crippen LogP contribution < -0.4 is 15.2 Å². The molecule has 0 saturated carbocycles. The highest BCUT2D eigenvalue weighted by Crippen LogP contribution is 2.24. The van der Waals surface area contributed by atoms with Gasteiger partial charge in [-0.15, -0.1) is 0 Å². The van der Waals surface area contributed by atoms with Crippen LogP contribution in [0.1, 0.15) is 0 Å². The molecule has 4 N–H and O–H groups in total. The van der Waals surface area contributed by atoms with E-state index in [0.717, 1.165) is 6.07 Å². The number of nitrogens with one attached hydrogen (secondary N) is 1. The summed E-state index contributed by atoms with van der Waals surface area (Å²) in [4.78, 5) is -0.396. The summed E-state index contributed by atoms with van der Waals surface area (Å²) in [5, 5.41) is 8.74. The van der Waals surface area contributed by atoms with Crippen LogP contribution in [0.25, 0.3) is 0 Å². The number of hydrogen-bond acceptors (Lipinski definition) is 5. The van der Waals surface area contributed by atoms with Crippen LogP contribution in [0.3, 0.4) is 0 Å². The Labute approximate surface area is 113 Å². The molecule has 1 aromatic rings. The van der Waals surface area contributed by atoms with Gasteiger partial charge in [0.2, 0.25) is 10.0 Å². The molecule has 0 aliphatic heterocycles. The van der Waals surface area contributed by atoms with Crippen molar-refractivity contribution in [2.24, 2.45) is 0 Å². The lowest BCUT2D eigenvalue weighted by molar-refractivity contribution is -0.200. The topological polar surface area (TPSA) is 102 Å². The van der Waals surface area contributed by atoms with Crippen LogP contribution in [0.5, 0.6) is 5.75 Å². The molecule has 1 rings (SSSR count). The van der Waals surface area contributed by atoms with Gasteiger partial charge in [-0.2, -0.15) is 13.2 Å². The Balaban J connectivity index is 2.90. The van der Waals surface area contributed by atoms with Gasteiger partial charge in [0.15, 0.2) is 6.10 Å². The molecule has 0 amide bonds. The highest BCUT2D eigenvalue weighted by atomic mass is 32.2. The predicted molar refractivity (Wildman–Crippen MR) is 64.7 cm³/mol. The zero-order chi connectivity index (χ0) is 15.6. The maximum absolute atomic E-state index is 12.1. The Kier molecular flexibility index (Phi) is 4.84. The van der Waals surface area contributed by atoms with Crippen molar-refractivity contribution < 1.29 is 31.4 Å². The molecule has 1 atom stereocenters. The fourth-order valence-electron chi connectivity index (χ4n) is 1.28. The number of benzene rings is 1. The summed E-state index contributed by atoms with van der Waals surface area (Å²) in [6.07, 6.45) is -7.70. The molecule has 0 radical (unpaired) electrons. The molecule has 0 spiro atoms. The molecule has 0 aliphatic carbocycles. The van der Waals surface area contributed by atoms with Gasteiger partial charge in [-0.3, -0.25) is 0 Å². The molecular weight excluding hydrogens is 301 g/mol. The minimum Gasteiger partial charge on any atom is -0.497 e. The zero-order valence-corrected chi connectivity index (χ0v) is 11.1. The van der Waals surface area contributed by atoms with E-state index in [-0.39, 0.29) is 5.69 Å². The van der Waals surface area contributed by atoms with Gasteiger partial charge in [0.05, 0.1) is 12.8 Å². The van der Waals surface area contributed by atoms with Gasteiger partial charge in [-0.25, -0.2) is 13.1 Å². The first-order valence-corrected chi connectivity index (χ1v) is 6.74. The summed E-state index contributed by atoms with van der Waals surface area (Å²) in [7, 11) is -2.91. The van der Waals surface area contributed by atoms with Gasteiger partial charge in [0.1, 0.15) is 10.6 Å². The molecule has 0 heterocycles. The maximum atomic E-state index is 12.1. The SMILES string of the molecule is COc1ccc(S(=O)(=O)NCC(O)C(F)(F)F)c(N)c1. The van der Waals surface area contributed by atoms with Crippen LogP contribution in [0.15, 0.2) is 23.1 Å². The molecule has 10 heteroatoms. The minimum absolute atomic E-state index is 0.182. The summed E-state index contributed by atoms with van der Waals surface area (Å²) < 4.78 is 66.2. The van der Waals surface area contributed by atoms with Crippen molar-refractivity contribution in [2.45, 2.75) is 17.2 Å². The molecule has 0 fully saturated rings. The number of methoxy groups -OCH3 is 1.